The van der Waals surface area contributed by atoms with Crippen molar-refractivity contribution in [3.05, 3.63) is 71.5 Å². The van der Waals surface area contributed by atoms with Crippen molar-refractivity contribution in [2.45, 2.75) is 13.1 Å². The second kappa shape index (κ2) is 9.21. The Kier molecular flexibility index (Phi) is 6.29. The molecule has 0 unspecified atom stereocenters. The maximum absolute atomic E-state index is 13.4. The minimum absolute atomic E-state index is 0.0842. The lowest BCUT2D eigenvalue weighted by Crippen LogP contribution is -2.22. The molecular weight excluding hydrogens is 466 g/mol. The van der Waals surface area contributed by atoms with Crippen molar-refractivity contribution in [2.75, 3.05) is 18.9 Å². The lowest BCUT2D eigenvalue weighted by molar-refractivity contribution is -0.115. The molecule has 0 bridgehead atoms. The summed E-state index contributed by atoms with van der Waals surface area (Å²) < 4.78 is 58.2. The number of nitrogens with one attached hydrogen (secondary N) is 2. The Labute approximate surface area is 197 Å². The lowest BCUT2D eigenvalue weighted by Gasteiger charge is -2.14. The van der Waals surface area contributed by atoms with Gasteiger partial charge < -0.3 is 15.1 Å². The Morgan fingerprint density at radius 3 is 2.37 bits per heavy atom. The zero-order valence-corrected chi connectivity index (χ0v) is 18.6. The van der Waals surface area contributed by atoms with Crippen LogP contribution in [0.2, 0.25) is 0 Å². The Hall–Kier alpha value is -4.21. The number of amides is 1. The number of fused-ring (bicyclic) bond motifs is 1. The Morgan fingerprint density at radius 2 is 1.74 bits per heavy atom. The minimum Gasteiger partial charge on any atom is -0.437 e. The van der Waals surface area contributed by atoms with E-state index in [1.165, 1.54) is 50.4 Å². The number of nitrogens with zero attached hydrogens (tertiary/aromatic N) is 1. The molecule has 0 saturated carbocycles. The fraction of sp³-hybridized carbons (Fsp3) is 0.160. The topological polar surface area (TPSA) is 84.2 Å². The summed E-state index contributed by atoms with van der Waals surface area (Å²) in [5, 5.41) is 5.03. The average Bonchev–Trinajstić information content (AvgIpc) is 3.20. The second-order valence-corrected chi connectivity index (χ2v) is 7.74. The van der Waals surface area contributed by atoms with Crippen LogP contribution in [0.4, 0.5) is 23.4 Å². The predicted octanol–water partition coefficient (Wildman–Crippen LogP) is 5.84. The van der Waals surface area contributed by atoms with Crippen LogP contribution in [0.1, 0.15) is 27.6 Å². The predicted molar refractivity (Wildman–Crippen MR) is 123 cm³/mol. The largest absolute Gasteiger partial charge is 0.437 e. The minimum atomic E-state index is -4.52. The molecule has 0 fully saturated rings. The van der Waals surface area contributed by atoms with Gasteiger partial charge in [0.25, 0.3) is 5.91 Å². The van der Waals surface area contributed by atoms with Crippen LogP contribution in [-0.2, 0) is 0 Å². The normalized spacial score (nSPS) is 11.5. The van der Waals surface area contributed by atoms with Crippen molar-refractivity contribution in [3.63, 3.8) is 0 Å². The van der Waals surface area contributed by atoms with Gasteiger partial charge in [0.05, 0.1) is 10.9 Å². The Bertz CT molecular complexity index is 1430. The third-order valence-corrected chi connectivity index (χ3v) is 5.28. The zero-order valence-electron chi connectivity index (χ0n) is 18.6. The van der Waals surface area contributed by atoms with E-state index < -0.39 is 24.4 Å². The number of Topliss-reactive ketones (excluding diaryl/α,β-unsaturated/α-hetero) is 1. The fourth-order valence-corrected chi connectivity index (χ4v) is 3.62. The first-order valence-corrected chi connectivity index (χ1v) is 10.4. The van der Waals surface area contributed by atoms with E-state index in [4.69, 9.17) is 4.42 Å². The number of benzene rings is 2. The molecule has 0 spiro atoms. The summed E-state index contributed by atoms with van der Waals surface area (Å²) in [7, 11) is 1.42. The Balaban J connectivity index is 1.99. The molecule has 0 aliphatic rings. The highest BCUT2D eigenvalue weighted by Gasteiger charge is 2.29. The van der Waals surface area contributed by atoms with Gasteiger partial charge >= 0.3 is 6.18 Å². The first kappa shape index (κ1) is 23.9. The molecule has 0 radical (unpaired) electrons. The van der Waals surface area contributed by atoms with Crippen LogP contribution >= 0.6 is 0 Å². The zero-order chi connectivity index (χ0) is 25.3. The van der Waals surface area contributed by atoms with Gasteiger partial charge in [-0.05, 0) is 48.9 Å². The van der Waals surface area contributed by atoms with Crippen molar-refractivity contribution in [1.82, 2.24) is 10.3 Å². The number of alkyl halides is 3. The summed E-state index contributed by atoms with van der Waals surface area (Å²) in [4.78, 5) is 28.9. The summed E-state index contributed by atoms with van der Waals surface area (Å²) in [5.74, 6) is -1.29. The van der Waals surface area contributed by atoms with Gasteiger partial charge in [0, 0.05) is 23.7 Å². The summed E-state index contributed by atoms with van der Waals surface area (Å²) >= 11 is 0. The van der Waals surface area contributed by atoms with Crippen molar-refractivity contribution in [1.29, 1.82) is 0 Å². The van der Waals surface area contributed by atoms with Gasteiger partial charge in [0.2, 0.25) is 5.71 Å². The molecule has 10 heteroatoms. The molecule has 2 N–H and O–H groups in total. The highest BCUT2D eigenvalue weighted by molar-refractivity contribution is 6.11. The summed E-state index contributed by atoms with van der Waals surface area (Å²) in [6.45, 7) is 0.0108. The number of aromatic nitrogens is 1. The molecule has 180 valence electrons. The maximum atomic E-state index is 13.4. The number of carbonyl (C=O) groups is 2. The van der Waals surface area contributed by atoms with E-state index in [-0.39, 0.29) is 39.6 Å². The van der Waals surface area contributed by atoms with Gasteiger partial charge in [-0.25, -0.2) is 4.39 Å². The number of rotatable bonds is 6. The molecule has 0 aliphatic heterocycles. The molecule has 0 aliphatic carbocycles. The summed E-state index contributed by atoms with van der Waals surface area (Å²) in [6.07, 6.45) is -4.52. The van der Waals surface area contributed by atoms with Crippen molar-refractivity contribution < 1.29 is 31.6 Å². The van der Waals surface area contributed by atoms with E-state index in [1.807, 2.05) is 0 Å². The third kappa shape index (κ3) is 5.01. The molecule has 0 atom stereocenters. The summed E-state index contributed by atoms with van der Waals surface area (Å²) in [6, 6.07) is 13.0. The SMILES string of the molecule is CNC(=O)c1c(-c2ccc(F)cc2)oc2nc(NCC(F)(F)F)c(-c3cccc(C(C)=O)c3)cc12. The van der Waals surface area contributed by atoms with Gasteiger partial charge in [0.15, 0.2) is 5.78 Å². The van der Waals surface area contributed by atoms with E-state index in [0.717, 1.165) is 0 Å². The van der Waals surface area contributed by atoms with Crippen molar-refractivity contribution in [2.24, 2.45) is 0 Å². The number of hydrogen-bond acceptors (Lipinski definition) is 5. The van der Waals surface area contributed by atoms with Gasteiger partial charge in [-0.1, -0.05) is 18.2 Å². The number of ketones is 1. The van der Waals surface area contributed by atoms with Crippen molar-refractivity contribution >= 4 is 28.6 Å². The summed E-state index contributed by atoms with van der Waals surface area (Å²) in [5.41, 5.74) is 1.40. The highest BCUT2D eigenvalue weighted by Crippen LogP contribution is 2.38. The second-order valence-electron chi connectivity index (χ2n) is 7.74. The molecule has 1 amide bonds. The number of halogens is 4. The number of hydrogen-bond donors (Lipinski definition) is 2. The van der Waals surface area contributed by atoms with Crippen LogP contribution in [0, 0.1) is 5.82 Å². The average molecular weight is 485 g/mol. The molecule has 2 heterocycles. The van der Waals surface area contributed by atoms with E-state index in [9.17, 15) is 27.2 Å². The van der Waals surface area contributed by atoms with Crippen LogP contribution in [0.5, 0.6) is 0 Å². The third-order valence-electron chi connectivity index (χ3n) is 5.28. The molecule has 35 heavy (non-hydrogen) atoms. The molecule has 6 nitrogen and oxygen atoms in total. The van der Waals surface area contributed by atoms with Crippen LogP contribution in [0.3, 0.4) is 0 Å². The quantitative estimate of drug-likeness (QED) is 0.265. The monoisotopic (exact) mass is 485 g/mol. The van der Waals surface area contributed by atoms with Crippen LogP contribution in [-0.4, -0.2) is 36.4 Å². The number of anilines is 1. The first-order valence-electron chi connectivity index (χ1n) is 10.4. The highest BCUT2D eigenvalue weighted by atomic mass is 19.4. The molecule has 0 saturated heterocycles. The van der Waals surface area contributed by atoms with Gasteiger partial charge in [-0.15, -0.1) is 0 Å². The first-order chi connectivity index (χ1) is 16.6. The molecular formula is C25H19F4N3O3. The van der Waals surface area contributed by atoms with E-state index in [0.29, 0.717) is 16.7 Å². The van der Waals surface area contributed by atoms with E-state index in [2.05, 4.69) is 15.6 Å². The van der Waals surface area contributed by atoms with Crippen LogP contribution in [0.25, 0.3) is 33.6 Å². The van der Waals surface area contributed by atoms with Crippen LogP contribution < -0.4 is 10.6 Å². The molecule has 2 aromatic carbocycles. The number of furan rings is 1. The molecule has 4 aromatic rings. The van der Waals surface area contributed by atoms with Crippen molar-refractivity contribution in [3.8, 4) is 22.5 Å². The maximum Gasteiger partial charge on any atom is 0.405 e. The smallest absolute Gasteiger partial charge is 0.405 e. The van der Waals surface area contributed by atoms with E-state index >= 15 is 0 Å². The fourth-order valence-electron chi connectivity index (χ4n) is 3.62. The lowest BCUT2D eigenvalue weighted by atomic mass is 9.99. The number of carbonyl (C=O) groups excluding carboxylic acids is 2. The standard InChI is InChI=1S/C25H19F4N3O3/c1-13(33)15-4-3-5-16(10-15)18-11-19-20(23(34)30-2)21(14-6-8-17(26)9-7-14)35-24(19)32-22(18)31-12-25(27,28)29/h3-11H,12H2,1-2H3,(H,30,34)(H,31,32). The van der Waals surface area contributed by atoms with Crippen LogP contribution in [0.15, 0.2) is 59.0 Å². The molecule has 2 aromatic heterocycles. The van der Waals surface area contributed by atoms with Gasteiger partial charge in [-0.2, -0.15) is 18.2 Å². The molecule has 4 rings (SSSR count). The van der Waals surface area contributed by atoms with Gasteiger partial charge in [-0.3, -0.25) is 9.59 Å². The number of pyridine rings is 1. The van der Waals surface area contributed by atoms with Gasteiger partial charge in [0.1, 0.15) is 23.9 Å². The van der Waals surface area contributed by atoms with E-state index in [1.54, 1.807) is 18.2 Å². The Morgan fingerprint density at radius 1 is 1.03 bits per heavy atom.